The van der Waals surface area contributed by atoms with Crippen molar-refractivity contribution in [3.8, 4) is 22.5 Å². The fourth-order valence-corrected chi connectivity index (χ4v) is 8.24. The van der Waals surface area contributed by atoms with Crippen LogP contribution in [0.25, 0.3) is 44.6 Å². The Bertz CT molecular complexity index is 2540. The number of carbonyl (C=O) groups is 2. The van der Waals surface area contributed by atoms with Crippen molar-refractivity contribution in [2.45, 2.75) is 71.8 Å². The summed E-state index contributed by atoms with van der Waals surface area (Å²) in [4.78, 5) is 35.9. The van der Waals surface area contributed by atoms with Crippen LogP contribution in [-0.2, 0) is 20.0 Å². The second-order valence-corrected chi connectivity index (χ2v) is 15.9. The number of rotatable bonds is 17. The van der Waals surface area contributed by atoms with Crippen LogP contribution in [0.2, 0.25) is 10.0 Å². The number of imidazole rings is 2. The zero-order chi connectivity index (χ0) is 40.6. The summed E-state index contributed by atoms with van der Waals surface area (Å²) >= 11 is 12.0. The van der Waals surface area contributed by atoms with E-state index in [1.807, 2.05) is 30.3 Å². The van der Waals surface area contributed by atoms with Gasteiger partial charge in [-0.05, 0) is 97.0 Å². The Labute approximate surface area is 350 Å². The van der Waals surface area contributed by atoms with E-state index in [4.69, 9.17) is 33.2 Å². The highest BCUT2D eigenvalue weighted by atomic mass is 35.5. The molecule has 0 aliphatic rings. The molecule has 5 aromatic carbocycles. The highest BCUT2D eigenvalue weighted by Gasteiger charge is 2.18. The number of unbranched alkanes of at least 4 members (excludes halogenated alkanes) is 5. The molecule has 8 nitrogen and oxygen atoms in total. The Morgan fingerprint density at radius 1 is 0.690 bits per heavy atom. The second-order valence-electron chi connectivity index (χ2n) is 15.0. The normalized spacial score (nSPS) is 11.4. The van der Waals surface area contributed by atoms with Gasteiger partial charge in [-0.1, -0.05) is 110 Å². The van der Waals surface area contributed by atoms with E-state index in [0.717, 1.165) is 107 Å². The van der Waals surface area contributed by atoms with Gasteiger partial charge in [-0.2, -0.15) is 0 Å². The molecule has 10 heteroatoms. The van der Waals surface area contributed by atoms with Crippen molar-refractivity contribution in [2.75, 3.05) is 13.1 Å². The molecule has 2 aromatic heterocycles. The zero-order valence-corrected chi connectivity index (χ0v) is 35.0. The van der Waals surface area contributed by atoms with Gasteiger partial charge in [0.25, 0.3) is 11.8 Å². The smallest absolute Gasteiger partial charge is 0.251 e. The van der Waals surface area contributed by atoms with Crippen molar-refractivity contribution in [3.05, 3.63) is 141 Å². The predicted octanol–water partition coefficient (Wildman–Crippen LogP) is 11.4. The third-order valence-corrected chi connectivity index (χ3v) is 11.2. The zero-order valence-electron chi connectivity index (χ0n) is 33.5. The second kappa shape index (κ2) is 18.9. The minimum atomic E-state index is -0.167. The standard InChI is InChI=1S/C48H50Cl2N6O2/c1-4-15-44-54-45-32(2)26-35(46-53-41-18-11-12-19-42(41)55(46)3)29-43(45)56(44)31-33-20-22-34(23-21-33)39-16-9-10-17-40(39)48(58)52-25-14-8-6-5-7-13-24-51-47(57)36-27-37(49)30-38(50)28-36/h9-12,16-23,26-30H,4-8,13-15,24-25,31H2,1-3H3,(H,51,57)(H,52,58). The number of nitrogens with one attached hydrogen (secondary N) is 2. The summed E-state index contributed by atoms with van der Waals surface area (Å²) in [6.45, 7) is 6.26. The molecule has 2 N–H and O–H groups in total. The first kappa shape index (κ1) is 40.7. The lowest BCUT2D eigenvalue weighted by molar-refractivity contribution is 0.0944. The maximum absolute atomic E-state index is 13.4. The molecule has 0 aliphatic carbocycles. The van der Waals surface area contributed by atoms with Crippen molar-refractivity contribution in [1.82, 2.24) is 29.7 Å². The summed E-state index contributed by atoms with van der Waals surface area (Å²) in [5.41, 5.74) is 10.7. The van der Waals surface area contributed by atoms with Gasteiger partial charge >= 0.3 is 0 Å². The van der Waals surface area contributed by atoms with Crippen molar-refractivity contribution in [2.24, 2.45) is 7.05 Å². The third-order valence-electron chi connectivity index (χ3n) is 10.7. The maximum atomic E-state index is 13.4. The lowest BCUT2D eigenvalue weighted by Crippen LogP contribution is -2.25. The summed E-state index contributed by atoms with van der Waals surface area (Å²) < 4.78 is 4.52. The average molecular weight is 814 g/mol. The van der Waals surface area contributed by atoms with Crippen LogP contribution in [-0.4, -0.2) is 44.0 Å². The Kier molecular flexibility index (Phi) is 13.3. The largest absolute Gasteiger partial charge is 0.352 e. The van der Waals surface area contributed by atoms with Crippen LogP contribution in [0.15, 0.2) is 103 Å². The highest BCUT2D eigenvalue weighted by molar-refractivity contribution is 6.35. The van der Waals surface area contributed by atoms with Crippen molar-refractivity contribution in [1.29, 1.82) is 0 Å². The molecule has 0 spiro atoms. The summed E-state index contributed by atoms with van der Waals surface area (Å²) in [7, 11) is 2.08. The lowest BCUT2D eigenvalue weighted by Gasteiger charge is -2.13. The molecule has 0 fully saturated rings. The number of aromatic nitrogens is 4. The monoisotopic (exact) mass is 812 g/mol. The summed E-state index contributed by atoms with van der Waals surface area (Å²) in [5, 5.41) is 6.97. The number of amides is 2. The van der Waals surface area contributed by atoms with Gasteiger partial charge in [0.1, 0.15) is 11.6 Å². The van der Waals surface area contributed by atoms with Gasteiger partial charge < -0.3 is 19.8 Å². The van der Waals surface area contributed by atoms with Gasteiger partial charge in [0, 0.05) is 59.8 Å². The number of hydrogen-bond donors (Lipinski definition) is 2. The number of benzene rings is 5. The van der Waals surface area contributed by atoms with E-state index in [0.29, 0.717) is 40.8 Å². The molecule has 0 saturated carbocycles. The number of aryl methyl sites for hydroxylation is 3. The minimum Gasteiger partial charge on any atom is -0.352 e. The Morgan fingerprint density at radius 3 is 2.05 bits per heavy atom. The van der Waals surface area contributed by atoms with E-state index in [9.17, 15) is 9.59 Å². The van der Waals surface area contributed by atoms with Gasteiger partial charge in [0.2, 0.25) is 0 Å². The molecule has 2 heterocycles. The molecule has 58 heavy (non-hydrogen) atoms. The van der Waals surface area contributed by atoms with Crippen LogP contribution in [0, 0.1) is 6.92 Å². The number of para-hydroxylation sites is 2. The van der Waals surface area contributed by atoms with Crippen LogP contribution >= 0.6 is 23.2 Å². The van der Waals surface area contributed by atoms with E-state index in [1.54, 1.807) is 18.2 Å². The number of halogens is 2. The number of nitrogens with zero attached hydrogens (tertiary/aromatic N) is 4. The SMILES string of the molecule is CCCc1nc2c(C)cc(-c3nc4ccccc4n3C)cc2n1Cc1ccc(-c2ccccc2C(=O)NCCCCCCCCNC(=O)c2cc(Cl)cc(Cl)c2)cc1. The topological polar surface area (TPSA) is 93.8 Å². The molecule has 7 rings (SSSR count). The van der Waals surface area contributed by atoms with Gasteiger partial charge in [0.15, 0.2) is 0 Å². The summed E-state index contributed by atoms with van der Waals surface area (Å²) in [5.74, 6) is 1.80. The fraction of sp³-hybridized carbons (Fsp3) is 0.292. The molecule has 0 bridgehead atoms. The van der Waals surface area contributed by atoms with E-state index >= 15 is 0 Å². The first-order chi connectivity index (χ1) is 28.2. The first-order valence-electron chi connectivity index (χ1n) is 20.3. The molecule has 0 radical (unpaired) electrons. The summed E-state index contributed by atoms with van der Waals surface area (Å²) in [6.07, 6.45) is 7.92. The number of carbonyl (C=O) groups excluding carboxylic acids is 2. The molecule has 2 amide bonds. The highest BCUT2D eigenvalue weighted by Crippen LogP contribution is 2.31. The quantitative estimate of drug-likeness (QED) is 0.0896. The van der Waals surface area contributed by atoms with Gasteiger partial charge in [-0.15, -0.1) is 0 Å². The number of hydrogen-bond acceptors (Lipinski definition) is 4. The lowest BCUT2D eigenvalue weighted by atomic mass is 9.98. The van der Waals surface area contributed by atoms with Crippen LogP contribution in [0.5, 0.6) is 0 Å². The first-order valence-corrected chi connectivity index (χ1v) is 21.1. The van der Waals surface area contributed by atoms with Crippen LogP contribution in [0.1, 0.15) is 89.5 Å². The van der Waals surface area contributed by atoms with Gasteiger partial charge in [-0.3, -0.25) is 9.59 Å². The van der Waals surface area contributed by atoms with E-state index in [1.165, 1.54) is 5.56 Å². The Balaban J connectivity index is 0.935. The van der Waals surface area contributed by atoms with Gasteiger partial charge in [0.05, 0.1) is 22.1 Å². The van der Waals surface area contributed by atoms with Crippen LogP contribution in [0.3, 0.4) is 0 Å². The Morgan fingerprint density at radius 2 is 1.34 bits per heavy atom. The Hall–Kier alpha value is -5.44. The van der Waals surface area contributed by atoms with Crippen molar-refractivity contribution in [3.63, 3.8) is 0 Å². The maximum Gasteiger partial charge on any atom is 0.251 e. The molecular weight excluding hydrogens is 763 g/mol. The summed E-state index contributed by atoms with van der Waals surface area (Å²) in [6, 6.07) is 33.9. The van der Waals surface area contributed by atoms with Crippen molar-refractivity contribution < 1.29 is 9.59 Å². The third kappa shape index (κ3) is 9.46. The molecule has 0 atom stereocenters. The van der Waals surface area contributed by atoms with Crippen LogP contribution < -0.4 is 10.6 Å². The molecule has 298 valence electrons. The molecule has 0 aliphatic heterocycles. The van der Waals surface area contributed by atoms with Crippen LogP contribution in [0.4, 0.5) is 0 Å². The van der Waals surface area contributed by atoms with E-state index in [2.05, 4.69) is 95.3 Å². The molecule has 7 aromatic rings. The fourth-order valence-electron chi connectivity index (χ4n) is 7.71. The van der Waals surface area contributed by atoms with Gasteiger partial charge in [-0.25, -0.2) is 9.97 Å². The number of fused-ring (bicyclic) bond motifs is 2. The van der Waals surface area contributed by atoms with Crippen molar-refractivity contribution >= 4 is 57.1 Å². The molecular formula is C48H50Cl2N6O2. The molecule has 0 unspecified atom stereocenters. The minimum absolute atomic E-state index is 0.0581. The van der Waals surface area contributed by atoms with E-state index < -0.39 is 0 Å². The average Bonchev–Trinajstić information content (AvgIpc) is 3.75. The molecule has 0 saturated heterocycles. The predicted molar refractivity (Wildman–Crippen MR) is 238 cm³/mol. The van der Waals surface area contributed by atoms with E-state index in [-0.39, 0.29) is 11.8 Å².